The summed E-state index contributed by atoms with van der Waals surface area (Å²) in [6.45, 7) is 4.47. The van der Waals surface area contributed by atoms with Crippen LogP contribution >= 0.6 is 15.9 Å². The highest BCUT2D eigenvalue weighted by molar-refractivity contribution is 9.11. The van der Waals surface area contributed by atoms with Crippen molar-refractivity contribution in [2.75, 3.05) is 0 Å². The van der Waals surface area contributed by atoms with Crippen molar-refractivity contribution in [3.63, 3.8) is 0 Å². The zero-order valence-corrected chi connectivity index (χ0v) is 9.81. The molecule has 0 amide bonds. The lowest BCUT2D eigenvalue weighted by atomic mass is 9.96. The molecule has 0 aromatic heterocycles. The van der Waals surface area contributed by atoms with E-state index in [4.69, 9.17) is 8.92 Å². The van der Waals surface area contributed by atoms with Gasteiger partial charge in [-0.3, -0.25) is 0 Å². The molecule has 3 aliphatic rings. The van der Waals surface area contributed by atoms with E-state index in [0.717, 1.165) is 4.48 Å². The highest BCUT2D eigenvalue weighted by atomic mass is 79.9. The zero-order chi connectivity index (χ0) is 9.22. The van der Waals surface area contributed by atoms with E-state index in [2.05, 4.69) is 35.9 Å². The Labute approximate surface area is 88.7 Å². The van der Waals surface area contributed by atoms with Gasteiger partial charge in [0.2, 0.25) is 17.3 Å². The van der Waals surface area contributed by atoms with Crippen LogP contribution in [0, 0.1) is 0 Å². The molecule has 0 spiro atoms. The molecule has 0 aromatic carbocycles. The Bertz CT molecular complexity index is 335. The number of hydrogen-bond acceptors (Lipinski definition) is 2. The lowest BCUT2D eigenvalue weighted by molar-refractivity contribution is 0.130. The predicted octanol–water partition coefficient (Wildman–Crippen LogP) is 2.23. The summed E-state index contributed by atoms with van der Waals surface area (Å²) in [4.78, 5) is 0. The largest absolute Gasteiger partial charge is 0.484 e. The topological polar surface area (TPSA) is 21.8 Å². The molecule has 3 aliphatic heterocycles. The Morgan fingerprint density at radius 3 is 3.08 bits per heavy atom. The first-order valence-electron chi connectivity index (χ1n) is 4.24. The van der Waals surface area contributed by atoms with E-state index in [9.17, 15) is 0 Å². The molecule has 3 heterocycles. The minimum absolute atomic E-state index is 0.101. The van der Waals surface area contributed by atoms with Gasteiger partial charge in [0.05, 0.1) is 10.7 Å². The van der Waals surface area contributed by atoms with Gasteiger partial charge in [-0.1, -0.05) is 0 Å². The van der Waals surface area contributed by atoms with E-state index in [1.807, 2.05) is 0 Å². The van der Waals surface area contributed by atoms with Crippen molar-refractivity contribution in [1.82, 2.24) is 0 Å². The molecular formula is C9H10BrO2S+. The molecule has 3 rings (SSSR count). The molecular weight excluding hydrogens is 252 g/mol. The van der Waals surface area contributed by atoms with Crippen molar-refractivity contribution in [3.05, 3.63) is 22.4 Å². The van der Waals surface area contributed by atoms with Crippen LogP contribution in [0.3, 0.4) is 0 Å². The molecule has 2 fully saturated rings. The van der Waals surface area contributed by atoms with Gasteiger partial charge < -0.3 is 4.74 Å². The van der Waals surface area contributed by atoms with Crippen molar-refractivity contribution in [2.24, 2.45) is 0 Å². The number of hydrogen-bond donors (Lipinski definition) is 0. The summed E-state index contributed by atoms with van der Waals surface area (Å²) in [5.74, 6) is 0. The molecule has 4 heteroatoms. The van der Waals surface area contributed by atoms with Gasteiger partial charge in [0.1, 0.15) is 0 Å². The first-order valence-corrected chi connectivity index (χ1v) is 6.25. The van der Waals surface area contributed by atoms with Crippen LogP contribution in [-0.2, 0) is 20.1 Å². The van der Waals surface area contributed by atoms with Crippen molar-refractivity contribution in [1.29, 1.82) is 0 Å². The summed E-state index contributed by atoms with van der Waals surface area (Å²) in [6, 6.07) is 0. The van der Waals surface area contributed by atoms with Gasteiger partial charge in [0.25, 0.3) is 0 Å². The Kier molecular flexibility index (Phi) is 1.52. The maximum Gasteiger partial charge on any atom is 0.340 e. The highest BCUT2D eigenvalue weighted by Crippen LogP contribution is 2.56. The fraction of sp³-hybridized carbons (Fsp3) is 0.556. The van der Waals surface area contributed by atoms with Gasteiger partial charge in [-0.15, -0.1) is 4.18 Å². The zero-order valence-electron chi connectivity index (χ0n) is 7.41. The number of rotatable bonds is 0. The standard InChI is InChI=1S/C9H10BrO2S/c1-9(2)6-3-5(10)4-11-7(6)8-12-13(8)9/h3-4,7-8H,1-2H3/q+1. The van der Waals surface area contributed by atoms with Crippen LogP contribution in [0.4, 0.5) is 0 Å². The average Bonchev–Trinajstić information content (AvgIpc) is 2.79. The summed E-state index contributed by atoms with van der Waals surface area (Å²) in [5.41, 5.74) is 1.71. The van der Waals surface area contributed by atoms with Crippen LogP contribution in [0.1, 0.15) is 13.8 Å². The molecule has 70 valence electrons. The van der Waals surface area contributed by atoms with E-state index in [-0.39, 0.29) is 22.0 Å². The monoisotopic (exact) mass is 261 g/mol. The summed E-state index contributed by atoms with van der Waals surface area (Å²) in [7, 11) is 0. The van der Waals surface area contributed by atoms with Crippen molar-refractivity contribution < 1.29 is 8.92 Å². The summed E-state index contributed by atoms with van der Waals surface area (Å²) < 4.78 is 12.4. The van der Waals surface area contributed by atoms with Crippen LogP contribution in [0.25, 0.3) is 0 Å². The van der Waals surface area contributed by atoms with Gasteiger partial charge in [-0.25, -0.2) is 0 Å². The molecule has 2 nitrogen and oxygen atoms in total. The minimum atomic E-state index is 0.101. The Morgan fingerprint density at radius 2 is 2.31 bits per heavy atom. The molecule has 13 heavy (non-hydrogen) atoms. The van der Waals surface area contributed by atoms with Crippen molar-refractivity contribution >= 4 is 27.1 Å². The summed E-state index contributed by atoms with van der Waals surface area (Å²) in [5, 5.41) is 0. The molecule has 0 saturated carbocycles. The molecule has 0 aromatic rings. The van der Waals surface area contributed by atoms with E-state index in [1.165, 1.54) is 5.57 Å². The second kappa shape index (κ2) is 2.35. The number of fused-ring (bicyclic) bond motifs is 3. The number of halogens is 1. The van der Waals surface area contributed by atoms with Gasteiger partial charge in [0, 0.05) is 5.57 Å². The second-order valence-electron chi connectivity index (χ2n) is 3.93. The highest BCUT2D eigenvalue weighted by Gasteiger charge is 2.78. The Morgan fingerprint density at radius 1 is 1.54 bits per heavy atom. The first-order chi connectivity index (χ1) is 6.10. The summed E-state index contributed by atoms with van der Waals surface area (Å²) >= 11 is 3.53. The molecule has 0 aliphatic carbocycles. The van der Waals surface area contributed by atoms with E-state index in [1.54, 1.807) is 6.26 Å². The maximum atomic E-state index is 5.61. The fourth-order valence-electron chi connectivity index (χ4n) is 1.97. The lowest BCUT2D eigenvalue weighted by Crippen LogP contribution is -2.29. The number of allylic oxidation sites excluding steroid dienone is 2. The van der Waals surface area contributed by atoms with Crippen LogP contribution < -0.4 is 0 Å². The maximum absolute atomic E-state index is 5.61. The van der Waals surface area contributed by atoms with Crippen LogP contribution in [0.5, 0.6) is 0 Å². The first kappa shape index (κ1) is 8.38. The quantitative estimate of drug-likeness (QED) is 0.493. The second-order valence-corrected chi connectivity index (χ2v) is 7.12. The van der Waals surface area contributed by atoms with Gasteiger partial charge in [0.15, 0.2) is 4.75 Å². The van der Waals surface area contributed by atoms with Crippen molar-refractivity contribution in [3.8, 4) is 0 Å². The van der Waals surface area contributed by atoms with E-state index >= 15 is 0 Å². The molecule has 0 radical (unpaired) electrons. The molecule has 0 bridgehead atoms. The minimum Gasteiger partial charge on any atom is -0.484 e. The summed E-state index contributed by atoms with van der Waals surface area (Å²) in [6.07, 6.45) is 4.12. The lowest BCUT2D eigenvalue weighted by Gasteiger charge is -2.20. The van der Waals surface area contributed by atoms with Crippen molar-refractivity contribution in [2.45, 2.75) is 30.1 Å². The molecule has 0 N–H and O–H groups in total. The average molecular weight is 262 g/mol. The fourth-order valence-corrected chi connectivity index (χ4v) is 4.37. The Hall–Kier alpha value is 0.0700. The normalized spacial score (nSPS) is 44.1. The third-order valence-corrected chi connectivity index (χ3v) is 5.39. The third-order valence-electron chi connectivity index (χ3n) is 2.74. The van der Waals surface area contributed by atoms with Crippen LogP contribution in [0.15, 0.2) is 22.4 Å². The van der Waals surface area contributed by atoms with Crippen LogP contribution in [0.2, 0.25) is 0 Å². The van der Waals surface area contributed by atoms with E-state index < -0.39 is 0 Å². The van der Waals surface area contributed by atoms with E-state index in [0.29, 0.717) is 5.44 Å². The van der Waals surface area contributed by atoms with Crippen LogP contribution in [-0.4, -0.2) is 16.3 Å². The SMILES string of the molecule is CC1(C)C2=CC(Br)=COC2C2O[S+]21. The smallest absolute Gasteiger partial charge is 0.340 e. The predicted molar refractivity (Wildman–Crippen MR) is 56.3 cm³/mol. The molecule has 3 unspecified atom stereocenters. The third kappa shape index (κ3) is 0.995. The number of ether oxygens (including phenoxy) is 1. The van der Waals surface area contributed by atoms with Gasteiger partial charge in [-0.2, -0.15) is 0 Å². The molecule has 2 saturated heterocycles. The Balaban J connectivity index is 2.06. The van der Waals surface area contributed by atoms with Gasteiger partial charge >= 0.3 is 5.44 Å². The van der Waals surface area contributed by atoms with Gasteiger partial charge in [-0.05, 0) is 35.9 Å². The molecule has 3 atom stereocenters.